The average Bonchev–Trinajstić information content (AvgIpc) is 3.38. The van der Waals surface area contributed by atoms with Crippen LogP contribution in [-0.4, -0.2) is 58.3 Å². The number of hydrogen-bond acceptors (Lipinski definition) is 7. The standard InChI is InChI=1S/C17H22N6O3/c1-12-19-16(26-21-12)20-17(24)23-10-6-13(11-23)25-14-5-4-7-18-15(14)22-8-2-3-9-22/h4-5,7,13H,2-3,6,8-11H2,1H3,(H,19,20,21,24). The minimum absolute atomic E-state index is 0.0595. The van der Waals surface area contributed by atoms with Crippen LogP contribution in [0.3, 0.4) is 0 Å². The maximum absolute atomic E-state index is 12.3. The van der Waals surface area contributed by atoms with Crippen molar-refractivity contribution in [2.24, 2.45) is 0 Å². The molecule has 2 saturated heterocycles. The van der Waals surface area contributed by atoms with Gasteiger partial charge in [-0.3, -0.25) is 5.32 Å². The molecule has 4 heterocycles. The van der Waals surface area contributed by atoms with Gasteiger partial charge in [0.2, 0.25) is 0 Å². The van der Waals surface area contributed by atoms with Gasteiger partial charge in [-0.2, -0.15) is 4.98 Å². The van der Waals surface area contributed by atoms with Crippen molar-refractivity contribution in [1.82, 2.24) is 20.0 Å². The zero-order valence-electron chi connectivity index (χ0n) is 14.7. The lowest BCUT2D eigenvalue weighted by Crippen LogP contribution is -2.34. The predicted octanol–water partition coefficient (Wildman–Crippen LogP) is 2.06. The number of amides is 2. The first-order chi connectivity index (χ1) is 12.7. The third-order valence-electron chi connectivity index (χ3n) is 4.62. The van der Waals surface area contributed by atoms with Gasteiger partial charge < -0.3 is 19.1 Å². The van der Waals surface area contributed by atoms with Crippen LogP contribution in [0.5, 0.6) is 5.75 Å². The lowest BCUT2D eigenvalue weighted by Gasteiger charge is -2.22. The van der Waals surface area contributed by atoms with Crippen molar-refractivity contribution in [2.45, 2.75) is 32.3 Å². The predicted molar refractivity (Wildman–Crippen MR) is 94.3 cm³/mol. The quantitative estimate of drug-likeness (QED) is 0.893. The number of pyridine rings is 1. The molecule has 0 bridgehead atoms. The van der Waals surface area contributed by atoms with E-state index in [1.807, 2.05) is 12.1 Å². The minimum Gasteiger partial charge on any atom is -0.485 e. The lowest BCUT2D eigenvalue weighted by molar-refractivity contribution is 0.194. The Bertz CT molecular complexity index is 773. The van der Waals surface area contributed by atoms with E-state index in [2.05, 4.69) is 25.3 Å². The molecule has 0 saturated carbocycles. The van der Waals surface area contributed by atoms with Gasteiger partial charge in [-0.1, -0.05) is 5.16 Å². The van der Waals surface area contributed by atoms with Gasteiger partial charge in [-0.15, -0.1) is 0 Å². The van der Waals surface area contributed by atoms with Gasteiger partial charge in [0.15, 0.2) is 17.4 Å². The fourth-order valence-electron chi connectivity index (χ4n) is 3.35. The maximum atomic E-state index is 12.3. The molecule has 1 unspecified atom stereocenters. The maximum Gasteiger partial charge on any atom is 0.329 e. The van der Waals surface area contributed by atoms with Crippen LogP contribution >= 0.6 is 0 Å². The molecule has 0 aromatic carbocycles. The molecule has 2 amide bonds. The molecule has 1 atom stereocenters. The van der Waals surface area contributed by atoms with Gasteiger partial charge >= 0.3 is 12.0 Å². The number of anilines is 2. The van der Waals surface area contributed by atoms with E-state index in [0.29, 0.717) is 18.9 Å². The van der Waals surface area contributed by atoms with Crippen LogP contribution in [0.2, 0.25) is 0 Å². The molecule has 2 aromatic heterocycles. The van der Waals surface area contributed by atoms with E-state index in [0.717, 1.165) is 31.1 Å². The first-order valence-electron chi connectivity index (χ1n) is 8.92. The zero-order chi connectivity index (χ0) is 17.9. The first kappa shape index (κ1) is 16.6. The second kappa shape index (κ2) is 7.19. The van der Waals surface area contributed by atoms with Crippen molar-refractivity contribution in [1.29, 1.82) is 0 Å². The second-order valence-corrected chi connectivity index (χ2v) is 6.57. The number of urea groups is 1. The summed E-state index contributed by atoms with van der Waals surface area (Å²) in [6.07, 6.45) is 4.87. The van der Waals surface area contributed by atoms with Crippen LogP contribution in [0, 0.1) is 6.92 Å². The second-order valence-electron chi connectivity index (χ2n) is 6.57. The zero-order valence-corrected chi connectivity index (χ0v) is 14.7. The summed E-state index contributed by atoms with van der Waals surface area (Å²) in [4.78, 5) is 24.7. The van der Waals surface area contributed by atoms with Gasteiger partial charge in [-0.25, -0.2) is 9.78 Å². The lowest BCUT2D eigenvalue weighted by atomic mass is 10.3. The Balaban J connectivity index is 1.36. The number of rotatable bonds is 4. The number of carbonyl (C=O) groups excluding carboxylic acids is 1. The van der Waals surface area contributed by atoms with Crippen molar-refractivity contribution < 1.29 is 14.1 Å². The summed E-state index contributed by atoms with van der Waals surface area (Å²) < 4.78 is 11.1. The number of aryl methyl sites for hydroxylation is 1. The molecule has 2 aliphatic rings. The normalized spacial score (nSPS) is 19.8. The summed E-state index contributed by atoms with van der Waals surface area (Å²) in [6, 6.07) is 3.68. The molecule has 2 fully saturated rings. The Morgan fingerprint density at radius 2 is 2.19 bits per heavy atom. The molecule has 1 N–H and O–H groups in total. The summed E-state index contributed by atoms with van der Waals surface area (Å²) in [6.45, 7) is 4.84. The molecule has 2 aliphatic heterocycles. The van der Waals surface area contributed by atoms with Crippen LogP contribution in [0.25, 0.3) is 0 Å². The SMILES string of the molecule is Cc1noc(NC(=O)N2CCC(Oc3cccnc3N3CCCC3)C2)n1. The molecule has 138 valence electrons. The molecular formula is C17H22N6O3. The first-order valence-corrected chi connectivity index (χ1v) is 8.92. The number of carbonyl (C=O) groups is 1. The third kappa shape index (κ3) is 3.56. The van der Waals surface area contributed by atoms with E-state index in [1.165, 1.54) is 12.8 Å². The fourth-order valence-corrected chi connectivity index (χ4v) is 3.35. The third-order valence-corrected chi connectivity index (χ3v) is 4.62. The Hall–Kier alpha value is -2.84. The molecule has 0 radical (unpaired) electrons. The van der Waals surface area contributed by atoms with Crippen LogP contribution < -0.4 is 15.0 Å². The van der Waals surface area contributed by atoms with E-state index in [4.69, 9.17) is 9.26 Å². The highest BCUT2D eigenvalue weighted by Crippen LogP contribution is 2.30. The van der Waals surface area contributed by atoms with Gasteiger partial charge in [0.05, 0.1) is 6.54 Å². The average molecular weight is 358 g/mol. The highest BCUT2D eigenvalue weighted by molar-refractivity contribution is 5.87. The Morgan fingerprint density at radius 3 is 2.96 bits per heavy atom. The summed E-state index contributed by atoms with van der Waals surface area (Å²) in [7, 11) is 0. The molecular weight excluding hydrogens is 336 g/mol. The van der Waals surface area contributed by atoms with Gasteiger partial charge in [0.1, 0.15) is 6.10 Å². The smallest absolute Gasteiger partial charge is 0.329 e. The molecule has 2 aromatic rings. The summed E-state index contributed by atoms with van der Waals surface area (Å²) in [5.41, 5.74) is 0. The Morgan fingerprint density at radius 1 is 1.35 bits per heavy atom. The number of hydrogen-bond donors (Lipinski definition) is 1. The molecule has 0 aliphatic carbocycles. The number of nitrogens with zero attached hydrogens (tertiary/aromatic N) is 5. The van der Waals surface area contributed by atoms with Crippen LogP contribution in [-0.2, 0) is 0 Å². The summed E-state index contributed by atoms with van der Waals surface area (Å²) in [5.74, 6) is 2.16. The van der Waals surface area contributed by atoms with Crippen molar-refractivity contribution in [2.75, 3.05) is 36.4 Å². The van der Waals surface area contributed by atoms with Crippen LogP contribution in [0.15, 0.2) is 22.9 Å². The van der Waals surface area contributed by atoms with Crippen LogP contribution in [0.4, 0.5) is 16.6 Å². The molecule has 4 rings (SSSR count). The highest BCUT2D eigenvalue weighted by Gasteiger charge is 2.29. The van der Waals surface area contributed by atoms with E-state index >= 15 is 0 Å². The van der Waals surface area contributed by atoms with Gasteiger partial charge in [0.25, 0.3) is 0 Å². The Labute approximate surface area is 151 Å². The van der Waals surface area contributed by atoms with E-state index in [9.17, 15) is 4.79 Å². The number of aromatic nitrogens is 3. The highest BCUT2D eigenvalue weighted by atomic mass is 16.5. The van der Waals surface area contributed by atoms with E-state index < -0.39 is 0 Å². The van der Waals surface area contributed by atoms with Crippen LogP contribution in [0.1, 0.15) is 25.1 Å². The number of likely N-dealkylation sites (tertiary alicyclic amines) is 1. The molecule has 9 nitrogen and oxygen atoms in total. The van der Waals surface area contributed by atoms with Gasteiger partial charge in [-0.05, 0) is 31.9 Å². The molecule has 26 heavy (non-hydrogen) atoms. The van der Waals surface area contributed by atoms with Gasteiger partial charge in [0, 0.05) is 32.3 Å². The molecule has 9 heteroatoms. The largest absolute Gasteiger partial charge is 0.485 e. The van der Waals surface area contributed by atoms with E-state index in [1.54, 1.807) is 18.0 Å². The molecule has 0 spiro atoms. The summed E-state index contributed by atoms with van der Waals surface area (Å²) in [5, 5.41) is 6.27. The topological polar surface area (TPSA) is 96.6 Å². The number of ether oxygens (including phenoxy) is 1. The fraction of sp³-hybridized carbons (Fsp3) is 0.529. The summed E-state index contributed by atoms with van der Waals surface area (Å²) >= 11 is 0. The van der Waals surface area contributed by atoms with Crippen molar-refractivity contribution in [3.05, 3.63) is 24.2 Å². The minimum atomic E-state index is -0.259. The van der Waals surface area contributed by atoms with Crippen molar-refractivity contribution >= 4 is 17.9 Å². The Kier molecular flexibility index (Phi) is 4.59. The number of nitrogens with one attached hydrogen (secondary N) is 1. The van der Waals surface area contributed by atoms with Crippen molar-refractivity contribution in [3.63, 3.8) is 0 Å². The van der Waals surface area contributed by atoms with E-state index in [-0.39, 0.29) is 18.1 Å². The monoisotopic (exact) mass is 358 g/mol. The van der Waals surface area contributed by atoms with Crippen molar-refractivity contribution in [3.8, 4) is 5.75 Å².